The third kappa shape index (κ3) is 6.60. The number of carbonyl (C=O) groups is 2. The van der Waals surface area contributed by atoms with E-state index < -0.39 is 24.5 Å². The van der Waals surface area contributed by atoms with Crippen LogP contribution in [-0.4, -0.2) is 31.0 Å². The summed E-state index contributed by atoms with van der Waals surface area (Å²) < 4.78 is 28.9. The molecule has 6 nitrogen and oxygen atoms in total. The highest BCUT2D eigenvalue weighted by molar-refractivity contribution is 5.87. The molecule has 0 fully saturated rings. The molecule has 0 radical (unpaired) electrons. The molecule has 23 heavy (non-hydrogen) atoms. The molecule has 1 aromatic carbocycles. The van der Waals surface area contributed by atoms with Gasteiger partial charge in [-0.15, -0.1) is 0 Å². The average Bonchev–Trinajstić information content (AvgIpc) is 2.50. The molecule has 4 N–H and O–H groups in total. The van der Waals surface area contributed by atoms with Gasteiger partial charge in [-0.1, -0.05) is 32.0 Å². The number of para-hydroxylation sites is 1. The Morgan fingerprint density at radius 3 is 2.48 bits per heavy atom. The quantitative estimate of drug-likeness (QED) is 0.663. The zero-order valence-electron chi connectivity index (χ0n) is 13.0. The molecule has 1 atom stereocenters. The first-order valence-electron chi connectivity index (χ1n) is 7.14. The number of hydrogen-bond donors (Lipinski definition) is 3. The topological polar surface area (TPSA) is 93.5 Å². The Hall–Kier alpha value is -2.22. The van der Waals surface area contributed by atoms with E-state index >= 15 is 0 Å². The first-order valence-corrected chi connectivity index (χ1v) is 7.14. The monoisotopic (exact) mass is 329 g/mol. The normalized spacial score (nSPS) is 12.1. The standard InChI is InChI=1S/C15H21F2N3O3/c1-9(2)13(18)14(22)20-8-12(21)19-7-10-5-3-4-6-11(10)23-15(16)17/h3-6,9,13,15H,7-8,18H2,1-2H3,(H,19,21)(H,20,22)/t13-/m0/s1. The first-order chi connectivity index (χ1) is 10.8. The molecule has 0 aliphatic carbocycles. The fraction of sp³-hybridized carbons (Fsp3) is 0.467. The minimum atomic E-state index is -2.94. The molecule has 0 aliphatic rings. The van der Waals surface area contributed by atoms with Crippen LogP contribution in [0.4, 0.5) is 8.78 Å². The van der Waals surface area contributed by atoms with E-state index in [1.54, 1.807) is 32.0 Å². The van der Waals surface area contributed by atoms with Gasteiger partial charge in [0.2, 0.25) is 11.8 Å². The van der Waals surface area contributed by atoms with Crippen LogP contribution in [0.2, 0.25) is 0 Å². The van der Waals surface area contributed by atoms with Gasteiger partial charge in [0.15, 0.2) is 0 Å². The van der Waals surface area contributed by atoms with E-state index in [-0.39, 0.29) is 24.8 Å². The van der Waals surface area contributed by atoms with Crippen molar-refractivity contribution in [1.82, 2.24) is 10.6 Å². The predicted molar refractivity (Wildman–Crippen MR) is 80.7 cm³/mol. The number of halogens is 2. The number of nitrogens with one attached hydrogen (secondary N) is 2. The molecule has 0 heterocycles. The maximum absolute atomic E-state index is 12.3. The van der Waals surface area contributed by atoms with Gasteiger partial charge in [-0.2, -0.15) is 8.78 Å². The molecule has 0 saturated carbocycles. The molecule has 0 aliphatic heterocycles. The third-order valence-electron chi connectivity index (χ3n) is 3.11. The Morgan fingerprint density at radius 2 is 1.87 bits per heavy atom. The maximum atomic E-state index is 12.3. The zero-order valence-corrected chi connectivity index (χ0v) is 13.0. The summed E-state index contributed by atoms with van der Waals surface area (Å²) >= 11 is 0. The molecule has 1 aromatic rings. The Morgan fingerprint density at radius 1 is 1.22 bits per heavy atom. The minimum Gasteiger partial charge on any atom is -0.434 e. The number of alkyl halides is 2. The lowest BCUT2D eigenvalue weighted by Gasteiger charge is -2.15. The Kier molecular flexibility index (Phi) is 7.40. The molecule has 0 unspecified atom stereocenters. The minimum absolute atomic E-state index is 0.00587. The first kappa shape index (κ1) is 18.8. The van der Waals surface area contributed by atoms with Crippen LogP contribution in [0.5, 0.6) is 5.75 Å². The highest BCUT2D eigenvalue weighted by Gasteiger charge is 2.17. The van der Waals surface area contributed by atoms with Crippen molar-refractivity contribution in [3.8, 4) is 5.75 Å². The molecule has 128 valence electrons. The van der Waals surface area contributed by atoms with Crippen LogP contribution >= 0.6 is 0 Å². The number of hydrogen-bond acceptors (Lipinski definition) is 4. The van der Waals surface area contributed by atoms with Crippen molar-refractivity contribution in [3.63, 3.8) is 0 Å². The highest BCUT2D eigenvalue weighted by atomic mass is 19.3. The summed E-state index contributed by atoms with van der Waals surface area (Å²) in [5.74, 6) is -0.928. The molecule has 0 spiro atoms. The van der Waals surface area contributed by atoms with Gasteiger partial charge in [-0.25, -0.2) is 0 Å². The number of ether oxygens (including phenoxy) is 1. The van der Waals surface area contributed by atoms with E-state index in [1.165, 1.54) is 6.07 Å². The lowest BCUT2D eigenvalue weighted by atomic mass is 10.1. The molecule has 0 bridgehead atoms. The predicted octanol–water partition coefficient (Wildman–Crippen LogP) is 1.00. The van der Waals surface area contributed by atoms with Crippen LogP contribution in [0.25, 0.3) is 0 Å². The van der Waals surface area contributed by atoms with E-state index in [9.17, 15) is 18.4 Å². The Balaban J connectivity index is 2.46. The van der Waals surface area contributed by atoms with Crippen molar-refractivity contribution in [1.29, 1.82) is 0 Å². The number of carbonyl (C=O) groups excluding carboxylic acids is 2. The summed E-state index contributed by atoms with van der Waals surface area (Å²) in [6.45, 7) is 0.420. The molecule has 1 rings (SSSR count). The lowest BCUT2D eigenvalue weighted by molar-refractivity contribution is -0.127. The fourth-order valence-corrected chi connectivity index (χ4v) is 1.71. The van der Waals surface area contributed by atoms with Gasteiger partial charge in [0.05, 0.1) is 12.6 Å². The third-order valence-corrected chi connectivity index (χ3v) is 3.11. The number of nitrogens with two attached hydrogens (primary N) is 1. The molecular formula is C15H21F2N3O3. The summed E-state index contributed by atoms with van der Waals surface area (Å²) in [6.07, 6.45) is 0. The number of amides is 2. The molecule has 0 saturated heterocycles. The van der Waals surface area contributed by atoms with Crippen LogP contribution in [0.1, 0.15) is 19.4 Å². The van der Waals surface area contributed by atoms with Crippen molar-refractivity contribution in [2.45, 2.75) is 33.0 Å². The highest BCUT2D eigenvalue weighted by Crippen LogP contribution is 2.19. The fourth-order valence-electron chi connectivity index (χ4n) is 1.71. The van der Waals surface area contributed by atoms with Gasteiger partial charge < -0.3 is 21.1 Å². The van der Waals surface area contributed by atoms with Crippen LogP contribution in [-0.2, 0) is 16.1 Å². The lowest BCUT2D eigenvalue weighted by Crippen LogP contribution is -2.47. The van der Waals surface area contributed by atoms with Crippen molar-refractivity contribution >= 4 is 11.8 Å². The van der Waals surface area contributed by atoms with Gasteiger partial charge in [0, 0.05) is 12.1 Å². The van der Waals surface area contributed by atoms with Gasteiger partial charge in [0.25, 0.3) is 0 Å². The van der Waals surface area contributed by atoms with E-state index in [2.05, 4.69) is 15.4 Å². The second-order valence-electron chi connectivity index (χ2n) is 5.25. The van der Waals surface area contributed by atoms with Crippen molar-refractivity contribution in [3.05, 3.63) is 29.8 Å². The summed E-state index contributed by atoms with van der Waals surface area (Å²) in [6, 6.07) is 5.45. The molecule has 0 aromatic heterocycles. The van der Waals surface area contributed by atoms with Crippen LogP contribution in [0.3, 0.4) is 0 Å². The van der Waals surface area contributed by atoms with Crippen LogP contribution in [0, 0.1) is 5.92 Å². The maximum Gasteiger partial charge on any atom is 0.387 e. The number of rotatable bonds is 8. The van der Waals surface area contributed by atoms with E-state index in [0.29, 0.717) is 5.56 Å². The summed E-state index contributed by atoms with van der Waals surface area (Å²) in [4.78, 5) is 23.3. The molecular weight excluding hydrogens is 308 g/mol. The van der Waals surface area contributed by atoms with E-state index in [1.807, 2.05) is 0 Å². The van der Waals surface area contributed by atoms with Crippen LogP contribution < -0.4 is 21.1 Å². The van der Waals surface area contributed by atoms with Gasteiger partial charge in [-0.05, 0) is 12.0 Å². The Labute approximate surface area is 133 Å². The van der Waals surface area contributed by atoms with E-state index in [4.69, 9.17) is 5.73 Å². The van der Waals surface area contributed by atoms with Gasteiger partial charge >= 0.3 is 6.61 Å². The largest absolute Gasteiger partial charge is 0.434 e. The van der Waals surface area contributed by atoms with Crippen molar-refractivity contribution in [2.24, 2.45) is 11.7 Å². The second-order valence-corrected chi connectivity index (χ2v) is 5.25. The summed E-state index contributed by atoms with van der Waals surface area (Å²) in [7, 11) is 0. The number of benzene rings is 1. The second kappa shape index (κ2) is 9.04. The molecule has 2 amide bonds. The van der Waals surface area contributed by atoms with Gasteiger partial charge in [0.1, 0.15) is 5.75 Å². The Bertz CT molecular complexity index is 538. The average molecular weight is 329 g/mol. The smallest absolute Gasteiger partial charge is 0.387 e. The SMILES string of the molecule is CC(C)[C@H](N)C(=O)NCC(=O)NCc1ccccc1OC(F)F. The summed E-state index contributed by atoms with van der Waals surface area (Å²) in [5, 5.41) is 4.94. The van der Waals surface area contributed by atoms with Crippen LogP contribution in [0.15, 0.2) is 24.3 Å². The van der Waals surface area contributed by atoms with Crippen molar-refractivity contribution < 1.29 is 23.1 Å². The van der Waals surface area contributed by atoms with Crippen molar-refractivity contribution in [2.75, 3.05) is 6.54 Å². The van der Waals surface area contributed by atoms with Gasteiger partial charge in [-0.3, -0.25) is 9.59 Å². The molecule has 8 heteroatoms. The van der Waals surface area contributed by atoms with E-state index in [0.717, 1.165) is 0 Å². The summed E-state index contributed by atoms with van der Waals surface area (Å²) in [5.41, 5.74) is 6.05. The zero-order chi connectivity index (χ0) is 17.4.